The van der Waals surface area contributed by atoms with E-state index in [4.69, 9.17) is 4.74 Å². The van der Waals surface area contributed by atoms with Crippen LogP contribution in [0.25, 0.3) is 0 Å². The van der Waals surface area contributed by atoms with E-state index in [0.717, 1.165) is 24.6 Å². The lowest BCUT2D eigenvalue weighted by Gasteiger charge is -2.23. The molecule has 2 nitrogen and oxygen atoms in total. The average molecular weight is 207 g/mol. The molecule has 1 aliphatic heterocycles. The molecule has 0 aromatic heterocycles. The third kappa shape index (κ3) is 2.65. The molecule has 2 rings (SSSR count). The highest BCUT2D eigenvalue weighted by Gasteiger charge is 2.15. The molecule has 0 saturated heterocycles. The molecule has 15 heavy (non-hydrogen) atoms. The summed E-state index contributed by atoms with van der Waals surface area (Å²) in [5, 5.41) is 3.33. The fourth-order valence-corrected chi connectivity index (χ4v) is 1.65. The van der Waals surface area contributed by atoms with Crippen LogP contribution in [0, 0.1) is 0 Å². The zero-order chi connectivity index (χ0) is 11.3. The number of hydrogen-bond acceptors (Lipinski definition) is 2. The van der Waals surface area contributed by atoms with Crippen LogP contribution in [0.15, 0.2) is 18.2 Å². The third-order valence-electron chi connectivity index (χ3n) is 2.33. The maximum absolute atomic E-state index is 5.65. The van der Waals surface area contributed by atoms with E-state index < -0.39 is 0 Å². The van der Waals surface area contributed by atoms with Crippen molar-refractivity contribution >= 4 is 5.69 Å². The quantitative estimate of drug-likeness (QED) is 0.759. The van der Waals surface area contributed by atoms with E-state index in [9.17, 15) is 0 Å². The molecule has 2 heteroatoms. The molecule has 0 unspecified atom stereocenters. The number of anilines is 1. The highest BCUT2D eigenvalue weighted by atomic mass is 16.5. The smallest absolute Gasteiger partial charge is 0.145 e. The number of para-hydroxylation sites is 1. The van der Waals surface area contributed by atoms with Gasteiger partial charge in [-0.25, -0.2) is 0 Å². The average Bonchev–Trinajstić information content (AvgIpc) is 2.31. The molecule has 1 heterocycles. The van der Waals surface area contributed by atoms with Crippen molar-refractivity contribution in [2.45, 2.75) is 33.6 Å². The fourth-order valence-electron chi connectivity index (χ4n) is 1.65. The Morgan fingerprint density at radius 3 is 2.67 bits per heavy atom. The second-order valence-electron chi connectivity index (χ2n) is 3.65. The van der Waals surface area contributed by atoms with Crippen LogP contribution in [-0.2, 0) is 0 Å². The van der Waals surface area contributed by atoms with Gasteiger partial charge in [0.1, 0.15) is 12.4 Å². The van der Waals surface area contributed by atoms with Gasteiger partial charge in [-0.2, -0.15) is 0 Å². The van der Waals surface area contributed by atoms with Crippen LogP contribution >= 0.6 is 0 Å². The Bertz CT molecular complexity index is 307. The van der Waals surface area contributed by atoms with E-state index in [0.29, 0.717) is 5.92 Å². The van der Waals surface area contributed by atoms with E-state index in [1.54, 1.807) is 0 Å². The molecule has 1 aliphatic rings. The van der Waals surface area contributed by atoms with E-state index in [1.807, 2.05) is 13.8 Å². The van der Waals surface area contributed by atoms with Crippen molar-refractivity contribution in [3.05, 3.63) is 23.8 Å². The number of fused-ring (bicyclic) bond motifs is 1. The van der Waals surface area contributed by atoms with E-state index >= 15 is 0 Å². The summed E-state index contributed by atoms with van der Waals surface area (Å²) in [6, 6.07) is 6.28. The number of benzene rings is 1. The van der Waals surface area contributed by atoms with Gasteiger partial charge in [0.15, 0.2) is 0 Å². The zero-order valence-electron chi connectivity index (χ0n) is 10.1. The van der Waals surface area contributed by atoms with Crippen LogP contribution in [0.4, 0.5) is 5.69 Å². The summed E-state index contributed by atoms with van der Waals surface area (Å²) in [6.45, 7) is 10.1. The zero-order valence-corrected chi connectivity index (χ0v) is 10.1. The topological polar surface area (TPSA) is 21.3 Å². The first-order valence-corrected chi connectivity index (χ1v) is 5.78. The van der Waals surface area contributed by atoms with Crippen molar-refractivity contribution in [3.63, 3.8) is 0 Å². The van der Waals surface area contributed by atoms with Gasteiger partial charge in [0.25, 0.3) is 0 Å². The first kappa shape index (κ1) is 11.9. The van der Waals surface area contributed by atoms with Gasteiger partial charge in [0, 0.05) is 6.54 Å². The van der Waals surface area contributed by atoms with Gasteiger partial charge in [-0.3, -0.25) is 0 Å². The minimum Gasteiger partial charge on any atom is -0.489 e. The molecule has 0 atom stereocenters. The molecule has 0 aliphatic carbocycles. The van der Waals surface area contributed by atoms with Crippen molar-refractivity contribution in [2.24, 2.45) is 0 Å². The van der Waals surface area contributed by atoms with E-state index in [-0.39, 0.29) is 0 Å². The minimum atomic E-state index is 0.523. The summed E-state index contributed by atoms with van der Waals surface area (Å²) in [6.07, 6.45) is 0. The third-order valence-corrected chi connectivity index (χ3v) is 2.33. The molecule has 0 amide bonds. The van der Waals surface area contributed by atoms with Crippen molar-refractivity contribution in [2.75, 3.05) is 18.5 Å². The molecule has 0 saturated carbocycles. The van der Waals surface area contributed by atoms with Crippen LogP contribution in [0.3, 0.4) is 0 Å². The van der Waals surface area contributed by atoms with E-state index in [1.165, 1.54) is 5.56 Å². The lowest BCUT2D eigenvalue weighted by molar-refractivity contribution is 0.318. The Labute approximate surface area is 92.6 Å². The van der Waals surface area contributed by atoms with Crippen molar-refractivity contribution < 1.29 is 4.74 Å². The van der Waals surface area contributed by atoms with Crippen LogP contribution in [0.2, 0.25) is 0 Å². The maximum Gasteiger partial charge on any atom is 0.145 e. The maximum atomic E-state index is 5.65. The first-order valence-electron chi connectivity index (χ1n) is 5.78. The second-order valence-corrected chi connectivity index (χ2v) is 3.65. The SMILES string of the molecule is CC.CC(C)c1cccc2c1OCCN2. The Hall–Kier alpha value is -1.18. The standard InChI is InChI=1S/C11H15NO.C2H6/c1-8(2)9-4-3-5-10-11(9)13-7-6-12-10;1-2/h3-5,8,12H,6-7H2,1-2H3;1-2H3. The van der Waals surface area contributed by atoms with Gasteiger partial charge in [-0.1, -0.05) is 39.8 Å². The van der Waals surface area contributed by atoms with Crippen LogP contribution in [0.5, 0.6) is 5.75 Å². The van der Waals surface area contributed by atoms with Crippen molar-refractivity contribution in [1.82, 2.24) is 0 Å². The number of hydrogen-bond donors (Lipinski definition) is 1. The van der Waals surface area contributed by atoms with Gasteiger partial charge in [0.2, 0.25) is 0 Å². The Kier molecular flexibility index (Phi) is 4.47. The van der Waals surface area contributed by atoms with Crippen LogP contribution < -0.4 is 10.1 Å². The minimum absolute atomic E-state index is 0.523. The number of rotatable bonds is 1. The fraction of sp³-hybridized carbons (Fsp3) is 0.538. The van der Waals surface area contributed by atoms with Gasteiger partial charge in [0.05, 0.1) is 5.69 Å². The van der Waals surface area contributed by atoms with Gasteiger partial charge in [-0.15, -0.1) is 0 Å². The molecular weight excluding hydrogens is 186 g/mol. The summed E-state index contributed by atoms with van der Waals surface area (Å²) in [7, 11) is 0. The first-order chi connectivity index (χ1) is 7.29. The van der Waals surface area contributed by atoms with Crippen molar-refractivity contribution in [3.8, 4) is 5.75 Å². The van der Waals surface area contributed by atoms with Gasteiger partial charge < -0.3 is 10.1 Å². The Morgan fingerprint density at radius 1 is 1.27 bits per heavy atom. The number of nitrogens with one attached hydrogen (secondary N) is 1. The Morgan fingerprint density at radius 2 is 2.00 bits per heavy atom. The van der Waals surface area contributed by atoms with Crippen molar-refractivity contribution in [1.29, 1.82) is 0 Å². The highest BCUT2D eigenvalue weighted by Crippen LogP contribution is 2.35. The summed E-state index contributed by atoms with van der Waals surface area (Å²) in [5.74, 6) is 1.57. The Balaban J connectivity index is 0.000000531. The van der Waals surface area contributed by atoms with E-state index in [2.05, 4.69) is 37.4 Å². The second kappa shape index (κ2) is 5.64. The molecule has 1 aromatic carbocycles. The monoisotopic (exact) mass is 207 g/mol. The molecule has 1 aromatic rings. The predicted molar refractivity (Wildman–Crippen MR) is 65.9 cm³/mol. The lowest BCUT2D eigenvalue weighted by Crippen LogP contribution is -2.19. The summed E-state index contributed by atoms with van der Waals surface area (Å²) in [4.78, 5) is 0. The predicted octanol–water partition coefficient (Wildman–Crippen LogP) is 3.64. The molecule has 1 N–H and O–H groups in total. The molecule has 0 bridgehead atoms. The molecule has 0 spiro atoms. The molecular formula is C13H21NO. The summed E-state index contributed by atoms with van der Waals surface area (Å²) in [5.41, 5.74) is 2.43. The number of ether oxygens (including phenoxy) is 1. The van der Waals surface area contributed by atoms with Gasteiger partial charge in [-0.05, 0) is 17.5 Å². The summed E-state index contributed by atoms with van der Waals surface area (Å²) < 4.78 is 5.65. The normalized spacial score (nSPS) is 13.1. The molecule has 0 fully saturated rings. The molecule has 84 valence electrons. The van der Waals surface area contributed by atoms with Crippen LogP contribution in [0.1, 0.15) is 39.2 Å². The summed E-state index contributed by atoms with van der Waals surface area (Å²) >= 11 is 0. The largest absolute Gasteiger partial charge is 0.489 e. The molecule has 0 radical (unpaired) electrons. The lowest BCUT2D eigenvalue weighted by atomic mass is 10.0. The van der Waals surface area contributed by atoms with Crippen LogP contribution in [-0.4, -0.2) is 13.2 Å². The highest BCUT2D eigenvalue weighted by molar-refractivity contribution is 5.62. The van der Waals surface area contributed by atoms with Gasteiger partial charge >= 0.3 is 0 Å².